The molecule has 0 saturated heterocycles. The standard InChI is InChI=1S/C12H11FN4/c1-2-4-12-11(8-14)15-16-17(12)10-6-3-5-9(13)7-10/h3,5-7H,2,4H2,1H3. The fourth-order valence-corrected chi connectivity index (χ4v) is 1.66. The largest absolute Gasteiger partial charge is 0.216 e. The van der Waals surface area contributed by atoms with E-state index in [1.54, 1.807) is 12.1 Å². The van der Waals surface area contributed by atoms with Gasteiger partial charge in [-0.05, 0) is 24.6 Å². The molecule has 1 heterocycles. The molecule has 0 aliphatic rings. The molecule has 0 spiro atoms. The minimum Gasteiger partial charge on any atom is -0.216 e. The molecule has 2 rings (SSSR count). The molecular weight excluding hydrogens is 219 g/mol. The molecule has 0 saturated carbocycles. The van der Waals surface area contributed by atoms with Crippen LogP contribution in [0.25, 0.3) is 5.69 Å². The Kier molecular flexibility index (Phi) is 3.15. The molecule has 2 aromatic rings. The van der Waals surface area contributed by atoms with Crippen molar-refractivity contribution in [1.29, 1.82) is 5.26 Å². The molecule has 0 unspecified atom stereocenters. The number of halogens is 1. The highest BCUT2D eigenvalue weighted by molar-refractivity contribution is 5.36. The van der Waals surface area contributed by atoms with E-state index < -0.39 is 0 Å². The normalized spacial score (nSPS) is 10.2. The highest BCUT2D eigenvalue weighted by atomic mass is 19.1. The third-order valence-electron chi connectivity index (χ3n) is 2.41. The van der Waals surface area contributed by atoms with E-state index in [-0.39, 0.29) is 5.82 Å². The summed E-state index contributed by atoms with van der Waals surface area (Å²) in [6.07, 6.45) is 1.56. The van der Waals surface area contributed by atoms with Gasteiger partial charge in [-0.2, -0.15) is 5.26 Å². The summed E-state index contributed by atoms with van der Waals surface area (Å²) in [5, 5.41) is 16.6. The van der Waals surface area contributed by atoms with Gasteiger partial charge in [0.15, 0.2) is 5.69 Å². The van der Waals surface area contributed by atoms with Gasteiger partial charge in [-0.15, -0.1) is 5.10 Å². The lowest BCUT2D eigenvalue weighted by Crippen LogP contribution is -2.03. The Morgan fingerprint density at radius 1 is 1.47 bits per heavy atom. The van der Waals surface area contributed by atoms with E-state index in [0.29, 0.717) is 17.8 Å². The maximum absolute atomic E-state index is 13.1. The van der Waals surface area contributed by atoms with Crippen molar-refractivity contribution in [3.63, 3.8) is 0 Å². The Hall–Kier alpha value is -2.22. The zero-order valence-electron chi connectivity index (χ0n) is 9.39. The van der Waals surface area contributed by atoms with Gasteiger partial charge < -0.3 is 0 Å². The van der Waals surface area contributed by atoms with Gasteiger partial charge in [-0.3, -0.25) is 0 Å². The van der Waals surface area contributed by atoms with E-state index in [2.05, 4.69) is 10.3 Å². The highest BCUT2D eigenvalue weighted by Gasteiger charge is 2.13. The molecule has 1 aromatic heterocycles. The predicted molar refractivity (Wildman–Crippen MR) is 60.0 cm³/mol. The van der Waals surface area contributed by atoms with Crippen molar-refractivity contribution in [2.45, 2.75) is 19.8 Å². The van der Waals surface area contributed by atoms with Crippen molar-refractivity contribution in [2.24, 2.45) is 0 Å². The van der Waals surface area contributed by atoms with Gasteiger partial charge in [-0.1, -0.05) is 24.6 Å². The van der Waals surface area contributed by atoms with E-state index in [4.69, 9.17) is 5.26 Å². The van der Waals surface area contributed by atoms with Crippen LogP contribution in [-0.2, 0) is 6.42 Å². The molecular formula is C12H11FN4. The van der Waals surface area contributed by atoms with Gasteiger partial charge in [-0.25, -0.2) is 9.07 Å². The summed E-state index contributed by atoms with van der Waals surface area (Å²) >= 11 is 0. The third kappa shape index (κ3) is 2.16. The van der Waals surface area contributed by atoms with Gasteiger partial charge >= 0.3 is 0 Å². The van der Waals surface area contributed by atoms with E-state index in [1.165, 1.54) is 16.8 Å². The molecule has 4 nitrogen and oxygen atoms in total. The van der Waals surface area contributed by atoms with E-state index >= 15 is 0 Å². The lowest BCUT2D eigenvalue weighted by Gasteiger charge is -2.05. The zero-order chi connectivity index (χ0) is 12.3. The molecule has 0 N–H and O–H groups in total. The van der Waals surface area contributed by atoms with Gasteiger partial charge in [0.2, 0.25) is 0 Å². The molecule has 0 atom stereocenters. The number of hydrogen-bond acceptors (Lipinski definition) is 3. The zero-order valence-corrected chi connectivity index (χ0v) is 9.39. The molecule has 5 heteroatoms. The average Bonchev–Trinajstić information content (AvgIpc) is 2.72. The molecule has 0 aliphatic carbocycles. The number of aromatic nitrogens is 3. The van der Waals surface area contributed by atoms with Crippen LogP contribution in [0.3, 0.4) is 0 Å². The third-order valence-corrected chi connectivity index (χ3v) is 2.41. The number of rotatable bonds is 3. The fraction of sp³-hybridized carbons (Fsp3) is 0.250. The highest BCUT2D eigenvalue weighted by Crippen LogP contribution is 2.15. The minimum atomic E-state index is -0.334. The van der Waals surface area contributed by atoms with Crippen LogP contribution in [0.4, 0.5) is 4.39 Å². The van der Waals surface area contributed by atoms with Crippen molar-refractivity contribution >= 4 is 0 Å². The van der Waals surface area contributed by atoms with Crippen molar-refractivity contribution in [3.05, 3.63) is 41.5 Å². The summed E-state index contributed by atoms with van der Waals surface area (Å²) in [7, 11) is 0. The molecule has 0 aliphatic heterocycles. The Morgan fingerprint density at radius 2 is 2.29 bits per heavy atom. The molecule has 17 heavy (non-hydrogen) atoms. The number of hydrogen-bond donors (Lipinski definition) is 0. The SMILES string of the molecule is CCCc1c(C#N)nnn1-c1cccc(F)c1. The minimum absolute atomic E-state index is 0.302. The van der Waals surface area contributed by atoms with Crippen molar-refractivity contribution in [2.75, 3.05) is 0 Å². The first-order chi connectivity index (χ1) is 8.26. The van der Waals surface area contributed by atoms with Crippen LogP contribution in [-0.4, -0.2) is 15.0 Å². The Bertz CT molecular complexity index is 568. The second-order valence-corrected chi connectivity index (χ2v) is 3.64. The first-order valence-corrected chi connectivity index (χ1v) is 5.37. The van der Waals surface area contributed by atoms with Crippen molar-refractivity contribution in [3.8, 4) is 11.8 Å². The fourth-order valence-electron chi connectivity index (χ4n) is 1.66. The molecule has 0 radical (unpaired) electrons. The van der Waals surface area contributed by atoms with Gasteiger partial charge in [0.05, 0.1) is 11.4 Å². The summed E-state index contributed by atoms with van der Waals surface area (Å²) in [6.45, 7) is 2.00. The van der Waals surface area contributed by atoms with Crippen LogP contribution in [0.5, 0.6) is 0 Å². The van der Waals surface area contributed by atoms with Gasteiger partial charge in [0.25, 0.3) is 0 Å². The predicted octanol–water partition coefficient (Wildman–Crippen LogP) is 2.23. The van der Waals surface area contributed by atoms with Crippen LogP contribution in [0, 0.1) is 17.1 Å². The summed E-state index contributed by atoms with van der Waals surface area (Å²) in [5.41, 5.74) is 1.61. The van der Waals surface area contributed by atoms with Crippen molar-refractivity contribution < 1.29 is 4.39 Å². The van der Waals surface area contributed by atoms with Gasteiger partial charge in [0, 0.05) is 0 Å². The molecule has 0 fully saturated rings. The number of nitrogens with zero attached hydrogens (tertiary/aromatic N) is 4. The van der Waals surface area contributed by atoms with E-state index in [9.17, 15) is 4.39 Å². The smallest absolute Gasteiger partial charge is 0.186 e. The van der Waals surface area contributed by atoms with E-state index in [1.807, 2.05) is 13.0 Å². The van der Waals surface area contributed by atoms with Crippen LogP contribution in [0.1, 0.15) is 24.7 Å². The van der Waals surface area contributed by atoms with Crippen molar-refractivity contribution in [1.82, 2.24) is 15.0 Å². The first kappa shape index (κ1) is 11.3. The monoisotopic (exact) mass is 230 g/mol. The topological polar surface area (TPSA) is 54.5 Å². The van der Waals surface area contributed by atoms with Gasteiger partial charge in [0.1, 0.15) is 11.9 Å². The van der Waals surface area contributed by atoms with Crippen LogP contribution in [0.15, 0.2) is 24.3 Å². The van der Waals surface area contributed by atoms with Crippen LogP contribution >= 0.6 is 0 Å². The molecule has 86 valence electrons. The lowest BCUT2D eigenvalue weighted by atomic mass is 10.2. The lowest BCUT2D eigenvalue weighted by molar-refractivity contribution is 0.623. The van der Waals surface area contributed by atoms with Crippen LogP contribution in [0.2, 0.25) is 0 Å². The number of benzene rings is 1. The average molecular weight is 230 g/mol. The number of nitriles is 1. The van der Waals surface area contributed by atoms with E-state index in [0.717, 1.165) is 12.1 Å². The maximum Gasteiger partial charge on any atom is 0.186 e. The summed E-state index contributed by atoms with van der Waals surface area (Å²) in [5.74, 6) is -0.334. The summed E-state index contributed by atoms with van der Waals surface area (Å²) < 4.78 is 14.7. The Labute approximate surface area is 98.3 Å². The Morgan fingerprint density at radius 3 is 2.94 bits per heavy atom. The Balaban J connectivity index is 2.52. The quantitative estimate of drug-likeness (QED) is 0.812. The molecule has 1 aromatic carbocycles. The maximum atomic E-state index is 13.1. The second kappa shape index (κ2) is 4.74. The summed E-state index contributed by atoms with van der Waals surface area (Å²) in [6, 6.07) is 8.07. The molecule has 0 amide bonds. The molecule has 0 bridgehead atoms. The first-order valence-electron chi connectivity index (χ1n) is 5.37. The second-order valence-electron chi connectivity index (χ2n) is 3.64. The van der Waals surface area contributed by atoms with Crippen LogP contribution < -0.4 is 0 Å². The summed E-state index contributed by atoms with van der Waals surface area (Å²) in [4.78, 5) is 0.